The molecule has 2 N–H and O–H groups in total. The lowest BCUT2D eigenvalue weighted by Crippen LogP contribution is -2.32. The standard InChI is InChI=1S/C20H12Cl3N3O4S/c21-14-7-4-11(10-16(14)26(28)29)24-20(31)25-18(27)9-6-12-5-8-17(30-12)13-2-1-3-15(22)19(13)23/h1-10H,(H2,24,25,27,31). The maximum absolute atomic E-state index is 12.1. The molecule has 7 nitrogen and oxygen atoms in total. The topological polar surface area (TPSA) is 97.4 Å². The maximum Gasteiger partial charge on any atom is 0.289 e. The highest BCUT2D eigenvalue weighted by Gasteiger charge is 2.14. The van der Waals surface area contributed by atoms with Crippen molar-refractivity contribution in [2.45, 2.75) is 0 Å². The summed E-state index contributed by atoms with van der Waals surface area (Å²) in [6, 6.07) is 12.6. The second-order valence-corrected chi connectivity index (χ2v) is 7.60. The van der Waals surface area contributed by atoms with Gasteiger partial charge in [0.15, 0.2) is 5.11 Å². The van der Waals surface area contributed by atoms with Gasteiger partial charge in [-0.3, -0.25) is 20.2 Å². The number of nitrogens with zero attached hydrogens (tertiary/aromatic N) is 1. The Morgan fingerprint density at radius 3 is 2.61 bits per heavy atom. The van der Waals surface area contributed by atoms with Crippen LogP contribution in [0.1, 0.15) is 5.76 Å². The molecule has 3 rings (SSSR count). The number of carbonyl (C=O) groups is 1. The third-order valence-corrected chi connectivity index (χ3v) is 5.22. The Hall–Kier alpha value is -2.91. The molecule has 11 heteroatoms. The van der Waals surface area contributed by atoms with Crippen molar-refractivity contribution in [2.75, 3.05) is 5.32 Å². The maximum atomic E-state index is 12.1. The number of nitro groups is 1. The quantitative estimate of drug-likeness (QED) is 0.185. The Morgan fingerprint density at radius 2 is 1.87 bits per heavy atom. The predicted octanol–water partition coefficient (Wildman–Crippen LogP) is 6.34. The largest absolute Gasteiger partial charge is 0.457 e. The van der Waals surface area contributed by atoms with E-state index >= 15 is 0 Å². The zero-order valence-electron chi connectivity index (χ0n) is 15.4. The number of carbonyl (C=O) groups excluding carboxylic acids is 1. The van der Waals surface area contributed by atoms with Gasteiger partial charge in [-0.2, -0.15) is 0 Å². The Kier molecular flexibility index (Phi) is 7.29. The molecule has 2 aromatic carbocycles. The number of rotatable bonds is 5. The summed E-state index contributed by atoms with van der Waals surface area (Å²) >= 11 is 23.0. The molecule has 1 amide bonds. The molecule has 1 aromatic heterocycles. The van der Waals surface area contributed by atoms with Crippen molar-refractivity contribution >= 4 is 75.5 Å². The summed E-state index contributed by atoms with van der Waals surface area (Å²) < 4.78 is 5.67. The highest BCUT2D eigenvalue weighted by Crippen LogP contribution is 2.34. The van der Waals surface area contributed by atoms with E-state index in [9.17, 15) is 14.9 Å². The van der Waals surface area contributed by atoms with Gasteiger partial charge in [-0.15, -0.1) is 0 Å². The molecule has 0 radical (unpaired) electrons. The van der Waals surface area contributed by atoms with Gasteiger partial charge in [0.1, 0.15) is 16.5 Å². The van der Waals surface area contributed by atoms with Crippen molar-refractivity contribution in [1.29, 1.82) is 0 Å². The minimum absolute atomic E-state index is 0.00897. The van der Waals surface area contributed by atoms with Crippen LogP contribution in [0.3, 0.4) is 0 Å². The lowest BCUT2D eigenvalue weighted by atomic mass is 10.2. The SMILES string of the molecule is O=C(C=Cc1ccc(-c2cccc(Cl)c2Cl)o1)NC(=S)Nc1ccc(Cl)c([N+](=O)[O-])c1. The van der Waals surface area contributed by atoms with Gasteiger partial charge in [0.2, 0.25) is 5.91 Å². The van der Waals surface area contributed by atoms with Crippen molar-refractivity contribution in [3.8, 4) is 11.3 Å². The molecule has 0 bridgehead atoms. The van der Waals surface area contributed by atoms with Crippen LogP contribution in [-0.2, 0) is 4.79 Å². The average molecular weight is 497 g/mol. The molecule has 0 aliphatic rings. The lowest BCUT2D eigenvalue weighted by molar-refractivity contribution is -0.384. The van der Waals surface area contributed by atoms with Crippen molar-refractivity contribution in [3.63, 3.8) is 0 Å². The van der Waals surface area contributed by atoms with E-state index in [0.29, 0.717) is 32.8 Å². The van der Waals surface area contributed by atoms with Crippen molar-refractivity contribution in [3.05, 3.63) is 85.5 Å². The molecule has 0 saturated carbocycles. The third kappa shape index (κ3) is 5.83. The molecular formula is C20H12Cl3N3O4S. The molecule has 0 atom stereocenters. The molecule has 31 heavy (non-hydrogen) atoms. The molecule has 0 aliphatic carbocycles. The van der Waals surface area contributed by atoms with Crippen LogP contribution in [0.4, 0.5) is 11.4 Å². The van der Waals surface area contributed by atoms with Gasteiger partial charge in [-0.25, -0.2) is 0 Å². The molecule has 0 spiro atoms. The van der Waals surface area contributed by atoms with Gasteiger partial charge in [-0.05, 0) is 54.7 Å². The van der Waals surface area contributed by atoms with E-state index in [1.165, 1.54) is 30.4 Å². The van der Waals surface area contributed by atoms with Gasteiger partial charge in [0, 0.05) is 23.4 Å². The first-order chi connectivity index (χ1) is 14.7. The molecule has 3 aromatic rings. The smallest absolute Gasteiger partial charge is 0.289 e. The van der Waals surface area contributed by atoms with Crippen LogP contribution < -0.4 is 10.6 Å². The van der Waals surface area contributed by atoms with Crippen molar-refractivity contribution < 1.29 is 14.1 Å². The van der Waals surface area contributed by atoms with Crippen LogP contribution in [0.5, 0.6) is 0 Å². The Bertz CT molecular complexity index is 1210. The Morgan fingerprint density at radius 1 is 1.10 bits per heavy atom. The van der Waals surface area contributed by atoms with Gasteiger partial charge >= 0.3 is 0 Å². The van der Waals surface area contributed by atoms with E-state index in [0.717, 1.165) is 0 Å². The normalized spacial score (nSPS) is 10.8. The van der Waals surface area contributed by atoms with Gasteiger partial charge in [0.25, 0.3) is 5.69 Å². The van der Waals surface area contributed by atoms with Crippen LogP contribution in [0, 0.1) is 10.1 Å². The molecule has 1 heterocycles. The molecule has 158 valence electrons. The highest BCUT2D eigenvalue weighted by atomic mass is 35.5. The van der Waals surface area contributed by atoms with Crippen molar-refractivity contribution in [2.24, 2.45) is 0 Å². The number of amides is 1. The number of benzene rings is 2. The van der Waals surface area contributed by atoms with Gasteiger partial charge in [-0.1, -0.05) is 40.9 Å². The monoisotopic (exact) mass is 495 g/mol. The summed E-state index contributed by atoms with van der Waals surface area (Å²) in [6.07, 6.45) is 2.67. The summed E-state index contributed by atoms with van der Waals surface area (Å²) in [7, 11) is 0. The number of furan rings is 1. The number of hydrogen-bond acceptors (Lipinski definition) is 5. The van der Waals surface area contributed by atoms with Gasteiger partial charge in [0.05, 0.1) is 15.0 Å². The van der Waals surface area contributed by atoms with E-state index in [1.807, 2.05) is 0 Å². The Balaban J connectivity index is 1.61. The lowest BCUT2D eigenvalue weighted by Gasteiger charge is -2.08. The number of nitrogens with one attached hydrogen (secondary N) is 2. The summed E-state index contributed by atoms with van der Waals surface area (Å²) in [5.41, 5.74) is 0.647. The number of anilines is 1. The van der Waals surface area contributed by atoms with Crippen LogP contribution in [0.15, 0.2) is 59.0 Å². The van der Waals surface area contributed by atoms with Crippen molar-refractivity contribution in [1.82, 2.24) is 5.32 Å². The molecule has 0 unspecified atom stereocenters. The zero-order chi connectivity index (χ0) is 22.5. The van der Waals surface area contributed by atoms with Crippen LogP contribution in [0.2, 0.25) is 15.1 Å². The van der Waals surface area contributed by atoms with E-state index in [4.69, 9.17) is 51.4 Å². The molecular weight excluding hydrogens is 485 g/mol. The second-order valence-electron chi connectivity index (χ2n) is 6.00. The number of thiocarbonyl (C=S) groups is 1. The Labute approximate surface area is 196 Å². The fourth-order valence-corrected chi connectivity index (χ4v) is 3.28. The first-order valence-electron chi connectivity index (χ1n) is 8.53. The first-order valence-corrected chi connectivity index (χ1v) is 10.1. The minimum atomic E-state index is -0.619. The molecule has 0 aliphatic heterocycles. The number of hydrogen-bond donors (Lipinski definition) is 2. The minimum Gasteiger partial charge on any atom is -0.457 e. The zero-order valence-corrected chi connectivity index (χ0v) is 18.5. The first kappa shape index (κ1) is 22.8. The average Bonchev–Trinajstić information content (AvgIpc) is 3.18. The van der Waals surface area contributed by atoms with E-state index < -0.39 is 10.8 Å². The van der Waals surface area contributed by atoms with Gasteiger partial charge < -0.3 is 9.73 Å². The third-order valence-electron chi connectivity index (χ3n) is 3.88. The van der Waals surface area contributed by atoms with E-state index in [-0.39, 0.29) is 15.8 Å². The summed E-state index contributed by atoms with van der Waals surface area (Å²) in [4.78, 5) is 22.4. The number of halogens is 3. The predicted molar refractivity (Wildman–Crippen MR) is 126 cm³/mol. The fraction of sp³-hybridized carbons (Fsp3) is 0. The highest BCUT2D eigenvalue weighted by molar-refractivity contribution is 7.80. The summed E-state index contributed by atoms with van der Waals surface area (Å²) in [6.45, 7) is 0. The van der Waals surface area contributed by atoms with Crippen LogP contribution >= 0.6 is 47.0 Å². The summed E-state index contributed by atoms with van der Waals surface area (Å²) in [5.74, 6) is 0.377. The summed E-state index contributed by atoms with van der Waals surface area (Å²) in [5, 5.41) is 16.8. The van der Waals surface area contributed by atoms with Crippen LogP contribution in [0.25, 0.3) is 17.4 Å². The fourth-order valence-electron chi connectivity index (χ4n) is 2.49. The molecule has 0 fully saturated rings. The van der Waals surface area contributed by atoms with Crippen LogP contribution in [-0.4, -0.2) is 15.9 Å². The molecule has 0 saturated heterocycles. The second kappa shape index (κ2) is 9.93. The number of nitro benzene ring substituents is 1. The van der Waals surface area contributed by atoms with E-state index in [2.05, 4.69) is 10.6 Å². The van der Waals surface area contributed by atoms with E-state index in [1.54, 1.807) is 30.3 Å².